The van der Waals surface area contributed by atoms with E-state index in [1.807, 2.05) is 4.68 Å². The normalized spacial score (nSPS) is 13.2. The van der Waals surface area contributed by atoms with Gasteiger partial charge in [0.15, 0.2) is 0 Å². The molecule has 1 atom stereocenters. The van der Waals surface area contributed by atoms with E-state index in [1.54, 1.807) is 6.20 Å². The van der Waals surface area contributed by atoms with Gasteiger partial charge >= 0.3 is 0 Å². The summed E-state index contributed by atoms with van der Waals surface area (Å²) in [5.74, 6) is 0.282. The fourth-order valence-corrected chi connectivity index (χ4v) is 2.73. The van der Waals surface area contributed by atoms with Crippen LogP contribution in [0, 0.1) is 5.92 Å². The molecule has 0 amide bonds. The number of hydrogen-bond acceptors (Lipinski definition) is 2. The number of nitrogens with zero attached hydrogens (tertiary/aromatic N) is 2. The minimum atomic E-state index is -0.494. The molecule has 0 aliphatic rings. The molecule has 104 valence electrons. The summed E-state index contributed by atoms with van der Waals surface area (Å²) in [6.07, 6.45) is 6.37. The van der Waals surface area contributed by atoms with Crippen LogP contribution in [0.2, 0.25) is 5.02 Å². The van der Waals surface area contributed by atoms with Gasteiger partial charge in [-0.05, 0) is 25.2 Å². The molecule has 3 nitrogen and oxygen atoms in total. The third-order valence-electron chi connectivity index (χ3n) is 3.31. The second-order valence-corrected chi connectivity index (χ2v) is 5.29. The van der Waals surface area contributed by atoms with Crippen molar-refractivity contribution in [1.82, 2.24) is 9.78 Å². The zero-order chi connectivity index (χ0) is 13.5. The van der Waals surface area contributed by atoms with E-state index >= 15 is 0 Å². The molecule has 0 radical (unpaired) electrons. The largest absolute Gasteiger partial charge is 0.386 e. The van der Waals surface area contributed by atoms with E-state index in [-0.39, 0.29) is 5.92 Å². The van der Waals surface area contributed by atoms with Gasteiger partial charge in [-0.3, -0.25) is 4.68 Å². The van der Waals surface area contributed by atoms with Gasteiger partial charge in [-0.1, -0.05) is 45.2 Å². The van der Waals surface area contributed by atoms with Gasteiger partial charge in [0.05, 0.1) is 23.0 Å². The van der Waals surface area contributed by atoms with Crippen molar-refractivity contribution < 1.29 is 5.11 Å². The molecule has 0 bridgehead atoms. The van der Waals surface area contributed by atoms with Gasteiger partial charge in [-0.25, -0.2) is 0 Å². The van der Waals surface area contributed by atoms with Gasteiger partial charge in [0.1, 0.15) is 0 Å². The maximum absolute atomic E-state index is 10.6. The molecular weight excluding hydrogens is 248 g/mol. The maximum atomic E-state index is 10.6. The molecule has 1 N–H and O–H groups in total. The number of halogens is 1. The van der Waals surface area contributed by atoms with E-state index in [1.165, 1.54) is 0 Å². The first-order valence-corrected chi connectivity index (χ1v) is 7.42. The number of aromatic nitrogens is 2. The smallest absolute Gasteiger partial charge is 0.0999 e. The maximum Gasteiger partial charge on any atom is 0.0999 e. The first-order valence-electron chi connectivity index (χ1n) is 7.04. The standard InChI is InChI=1S/C14H25ClN2O/c1-4-7-11(8-5-2)14(18)13-12(15)10-16-17(13)9-6-3/h10-11,14,18H,4-9H2,1-3H3. The van der Waals surface area contributed by atoms with Crippen LogP contribution in [0.5, 0.6) is 0 Å². The zero-order valence-electron chi connectivity index (χ0n) is 11.7. The zero-order valence-corrected chi connectivity index (χ0v) is 12.5. The second kappa shape index (κ2) is 7.80. The van der Waals surface area contributed by atoms with Gasteiger partial charge in [0, 0.05) is 6.54 Å². The van der Waals surface area contributed by atoms with Crippen molar-refractivity contribution in [2.24, 2.45) is 5.92 Å². The molecule has 4 heteroatoms. The summed E-state index contributed by atoms with van der Waals surface area (Å²) >= 11 is 6.18. The Kier molecular flexibility index (Phi) is 6.72. The van der Waals surface area contributed by atoms with E-state index in [9.17, 15) is 5.11 Å². The summed E-state index contributed by atoms with van der Waals surface area (Å²) in [6.45, 7) is 7.21. The lowest BCUT2D eigenvalue weighted by atomic mass is 9.90. The van der Waals surface area contributed by atoms with Crippen LogP contribution in [0.4, 0.5) is 0 Å². The van der Waals surface area contributed by atoms with Crippen molar-refractivity contribution in [3.05, 3.63) is 16.9 Å². The van der Waals surface area contributed by atoms with Crippen LogP contribution in [0.1, 0.15) is 64.7 Å². The molecule has 0 saturated heterocycles. The number of rotatable bonds is 8. The molecule has 0 aliphatic carbocycles. The average Bonchev–Trinajstić information content (AvgIpc) is 2.70. The van der Waals surface area contributed by atoms with Gasteiger partial charge < -0.3 is 5.11 Å². The van der Waals surface area contributed by atoms with Crippen LogP contribution in [-0.2, 0) is 6.54 Å². The van der Waals surface area contributed by atoms with E-state index in [4.69, 9.17) is 11.6 Å². The van der Waals surface area contributed by atoms with Crippen LogP contribution in [0.25, 0.3) is 0 Å². The van der Waals surface area contributed by atoms with Crippen molar-refractivity contribution in [2.45, 2.75) is 65.5 Å². The molecule has 1 aromatic heterocycles. The molecule has 1 unspecified atom stereocenters. The number of aliphatic hydroxyl groups excluding tert-OH is 1. The molecular formula is C14H25ClN2O. The Labute approximate surface area is 115 Å². The molecule has 0 spiro atoms. The summed E-state index contributed by atoms with van der Waals surface area (Å²) in [5.41, 5.74) is 0.797. The molecule has 0 aromatic carbocycles. The van der Waals surface area contributed by atoms with Gasteiger partial charge in [0.2, 0.25) is 0 Å². The van der Waals surface area contributed by atoms with Crippen molar-refractivity contribution in [2.75, 3.05) is 0 Å². The summed E-state index contributed by atoms with van der Waals surface area (Å²) < 4.78 is 1.85. The molecule has 0 fully saturated rings. The van der Waals surface area contributed by atoms with E-state index in [0.717, 1.165) is 44.3 Å². The Morgan fingerprint density at radius 3 is 2.33 bits per heavy atom. The molecule has 18 heavy (non-hydrogen) atoms. The van der Waals surface area contributed by atoms with Crippen molar-refractivity contribution in [3.8, 4) is 0 Å². The molecule has 1 rings (SSSR count). The van der Waals surface area contributed by atoms with E-state index < -0.39 is 6.10 Å². The SMILES string of the molecule is CCCC(CCC)C(O)c1c(Cl)cnn1CCC. The first-order chi connectivity index (χ1) is 8.65. The highest BCUT2D eigenvalue weighted by Crippen LogP contribution is 2.33. The summed E-state index contributed by atoms with van der Waals surface area (Å²) in [4.78, 5) is 0. The quantitative estimate of drug-likeness (QED) is 0.770. The van der Waals surface area contributed by atoms with E-state index in [0.29, 0.717) is 5.02 Å². The van der Waals surface area contributed by atoms with Gasteiger partial charge in [-0.15, -0.1) is 0 Å². The number of hydrogen-bond donors (Lipinski definition) is 1. The second-order valence-electron chi connectivity index (χ2n) is 4.88. The molecule has 0 saturated carbocycles. The van der Waals surface area contributed by atoms with Crippen molar-refractivity contribution in [3.63, 3.8) is 0 Å². The highest BCUT2D eigenvalue weighted by molar-refractivity contribution is 6.31. The minimum absolute atomic E-state index is 0.282. The Bertz CT molecular complexity index is 346. The Hall–Kier alpha value is -0.540. The summed E-state index contributed by atoms with van der Waals surface area (Å²) in [5, 5.41) is 15.4. The number of aryl methyl sites for hydroxylation is 1. The fourth-order valence-electron chi connectivity index (χ4n) is 2.48. The Morgan fingerprint density at radius 1 is 1.22 bits per heavy atom. The fraction of sp³-hybridized carbons (Fsp3) is 0.786. The average molecular weight is 273 g/mol. The highest BCUT2D eigenvalue weighted by Gasteiger charge is 2.25. The highest BCUT2D eigenvalue weighted by atomic mass is 35.5. The Morgan fingerprint density at radius 2 is 1.83 bits per heavy atom. The monoisotopic (exact) mass is 272 g/mol. The lowest BCUT2D eigenvalue weighted by Gasteiger charge is -2.23. The van der Waals surface area contributed by atoms with Crippen molar-refractivity contribution >= 4 is 11.6 Å². The topological polar surface area (TPSA) is 38.1 Å². The van der Waals surface area contributed by atoms with Crippen LogP contribution in [0.3, 0.4) is 0 Å². The number of aliphatic hydroxyl groups is 1. The van der Waals surface area contributed by atoms with Crippen LogP contribution >= 0.6 is 11.6 Å². The van der Waals surface area contributed by atoms with Crippen LogP contribution < -0.4 is 0 Å². The summed E-state index contributed by atoms with van der Waals surface area (Å²) in [7, 11) is 0. The Balaban J connectivity index is 2.91. The van der Waals surface area contributed by atoms with E-state index in [2.05, 4.69) is 25.9 Å². The lowest BCUT2D eigenvalue weighted by Crippen LogP contribution is -2.17. The minimum Gasteiger partial charge on any atom is -0.386 e. The third-order valence-corrected chi connectivity index (χ3v) is 3.61. The molecule has 1 heterocycles. The van der Waals surface area contributed by atoms with Gasteiger partial charge in [-0.2, -0.15) is 5.10 Å². The first kappa shape index (κ1) is 15.5. The predicted molar refractivity (Wildman–Crippen MR) is 75.8 cm³/mol. The van der Waals surface area contributed by atoms with Crippen LogP contribution in [0.15, 0.2) is 6.20 Å². The third kappa shape index (κ3) is 3.72. The lowest BCUT2D eigenvalue weighted by molar-refractivity contribution is 0.0877. The molecule has 1 aromatic rings. The van der Waals surface area contributed by atoms with Crippen LogP contribution in [-0.4, -0.2) is 14.9 Å². The predicted octanol–water partition coefficient (Wildman–Crippen LogP) is 4.20. The molecule has 0 aliphatic heterocycles. The van der Waals surface area contributed by atoms with Crippen molar-refractivity contribution in [1.29, 1.82) is 0 Å². The summed E-state index contributed by atoms with van der Waals surface area (Å²) in [6, 6.07) is 0. The van der Waals surface area contributed by atoms with Gasteiger partial charge in [0.25, 0.3) is 0 Å².